The molecule has 2 heterocycles. The van der Waals surface area contributed by atoms with Crippen molar-refractivity contribution in [1.82, 2.24) is 0 Å². The molecule has 0 bridgehead atoms. The second-order valence-corrected chi connectivity index (χ2v) is 8.09. The van der Waals surface area contributed by atoms with Crippen LogP contribution in [-0.4, -0.2) is 23.9 Å². The first-order valence-corrected chi connectivity index (χ1v) is 10.3. The van der Waals surface area contributed by atoms with Crippen LogP contribution in [-0.2, 0) is 9.59 Å². The highest BCUT2D eigenvalue weighted by molar-refractivity contribution is 6.51. The Hall–Kier alpha value is -3.80. The van der Waals surface area contributed by atoms with Gasteiger partial charge in [0, 0.05) is 5.69 Å². The van der Waals surface area contributed by atoms with Crippen molar-refractivity contribution in [1.29, 1.82) is 0 Å². The predicted molar refractivity (Wildman–Crippen MR) is 122 cm³/mol. The third-order valence-corrected chi connectivity index (χ3v) is 5.85. The summed E-state index contributed by atoms with van der Waals surface area (Å²) < 4.78 is 11.2. The van der Waals surface area contributed by atoms with E-state index in [2.05, 4.69) is 0 Å². The van der Waals surface area contributed by atoms with Gasteiger partial charge in [0.05, 0.1) is 18.2 Å². The van der Waals surface area contributed by atoms with E-state index in [1.54, 1.807) is 37.3 Å². The number of benzene rings is 2. The number of aryl methyl sites for hydroxylation is 4. The number of amides is 1. The number of aliphatic hydroxyl groups excluding tert-OH is 1. The van der Waals surface area contributed by atoms with Crippen molar-refractivity contribution in [2.75, 3.05) is 12.0 Å². The summed E-state index contributed by atoms with van der Waals surface area (Å²) in [5, 5.41) is 11.3. The van der Waals surface area contributed by atoms with Crippen LogP contribution >= 0.6 is 0 Å². The van der Waals surface area contributed by atoms with E-state index in [9.17, 15) is 14.7 Å². The first-order valence-electron chi connectivity index (χ1n) is 10.3. The van der Waals surface area contributed by atoms with E-state index in [-0.39, 0.29) is 11.3 Å². The maximum atomic E-state index is 13.2. The van der Waals surface area contributed by atoms with Gasteiger partial charge >= 0.3 is 0 Å². The van der Waals surface area contributed by atoms with Crippen molar-refractivity contribution in [3.63, 3.8) is 0 Å². The normalized spacial score (nSPS) is 17.8. The highest BCUT2D eigenvalue weighted by Gasteiger charge is 2.48. The van der Waals surface area contributed by atoms with Crippen LogP contribution in [0, 0.1) is 27.7 Å². The number of hydrogen-bond acceptors (Lipinski definition) is 5. The zero-order chi connectivity index (χ0) is 23.2. The average Bonchev–Trinajstić information content (AvgIpc) is 3.30. The largest absolute Gasteiger partial charge is 0.507 e. The minimum atomic E-state index is -0.906. The van der Waals surface area contributed by atoms with Crippen molar-refractivity contribution in [3.05, 3.63) is 87.9 Å². The quantitative estimate of drug-likeness (QED) is 0.351. The fourth-order valence-corrected chi connectivity index (χ4v) is 4.00. The van der Waals surface area contributed by atoms with Crippen LogP contribution in [0.5, 0.6) is 5.75 Å². The molecule has 164 valence electrons. The number of carbonyl (C=O) groups is 2. The highest BCUT2D eigenvalue weighted by Crippen LogP contribution is 2.44. The second-order valence-electron chi connectivity index (χ2n) is 8.09. The molecule has 1 N–H and O–H groups in total. The van der Waals surface area contributed by atoms with Gasteiger partial charge in [-0.25, -0.2) is 0 Å². The molecule has 3 aromatic rings. The fraction of sp³-hybridized carbons (Fsp3) is 0.231. The van der Waals surface area contributed by atoms with E-state index in [4.69, 9.17) is 9.15 Å². The molecule has 1 atom stereocenters. The first-order chi connectivity index (χ1) is 15.2. The van der Waals surface area contributed by atoms with E-state index in [1.165, 1.54) is 12.0 Å². The van der Waals surface area contributed by atoms with Gasteiger partial charge in [-0.05, 0) is 75.2 Å². The summed E-state index contributed by atoms with van der Waals surface area (Å²) in [6.45, 7) is 7.58. The molecule has 6 nitrogen and oxygen atoms in total. The van der Waals surface area contributed by atoms with E-state index in [0.717, 1.165) is 16.7 Å². The molecule has 0 radical (unpaired) electrons. The maximum Gasteiger partial charge on any atom is 0.300 e. The van der Waals surface area contributed by atoms with Gasteiger partial charge in [0.2, 0.25) is 0 Å². The third kappa shape index (κ3) is 3.47. The zero-order valence-corrected chi connectivity index (χ0v) is 18.7. The standard InChI is InChI=1S/C26H25NO5/c1-14-6-10-20(31-5)19(12-14)24(28)22-23(21-11-8-17(4)32-21)27(26(30)25(22)29)18-9-7-15(2)16(3)13-18/h6-13,23,28H,1-5H3/b24-22-. The summed E-state index contributed by atoms with van der Waals surface area (Å²) in [7, 11) is 1.49. The van der Waals surface area contributed by atoms with Crippen LogP contribution in [0.25, 0.3) is 5.76 Å². The Morgan fingerprint density at radius 3 is 2.34 bits per heavy atom. The molecule has 1 aliphatic heterocycles. The third-order valence-electron chi connectivity index (χ3n) is 5.85. The van der Waals surface area contributed by atoms with E-state index in [1.807, 2.05) is 39.0 Å². The molecular weight excluding hydrogens is 406 g/mol. The lowest BCUT2D eigenvalue weighted by molar-refractivity contribution is -0.132. The van der Waals surface area contributed by atoms with Crippen LogP contribution in [0.4, 0.5) is 5.69 Å². The number of rotatable bonds is 4. The molecule has 2 aromatic carbocycles. The number of furan rings is 1. The van der Waals surface area contributed by atoms with E-state index in [0.29, 0.717) is 28.5 Å². The molecule has 0 aliphatic carbocycles. The molecule has 0 saturated carbocycles. The van der Waals surface area contributed by atoms with Crippen molar-refractivity contribution in [3.8, 4) is 5.75 Å². The summed E-state index contributed by atoms with van der Waals surface area (Å²) in [4.78, 5) is 27.8. The predicted octanol–water partition coefficient (Wildman–Crippen LogP) is 5.15. The summed E-state index contributed by atoms with van der Waals surface area (Å²) in [5.74, 6) is -0.357. The monoisotopic (exact) mass is 431 g/mol. The van der Waals surface area contributed by atoms with Gasteiger partial charge in [0.25, 0.3) is 11.7 Å². The van der Waals surface area contributed by atoms with Crippen LogP contribution in [0.15, 0.2) is 58.5 Å². The molecule has 1 saturated heterocycles. The number of ketones is 1. The number of anilines is 1. The van der Waals surface area contributed by atoms with Crippen molar-refractivity contribution >= 4 is 23.1 Å². The Labute approximate surface area is 186 Å². The van der Waals surface area contributed by atoms with Gasteiger partial charge in [0.15, 0.2) is 0 Å². The molecule has 6 heteroatoms. The lowest BCUT2D eigenvalue weighted by Crippen LogP contribution is -2.29. The van der Waals surface area contributed by atoms with E-state index >= 15 is 0 Å². The van der Waals surface area contributed by atoms with Gasteiger partial charge in [-0.15, -0.1) is 0 Å². The molecule has 1 amide bonds. The van der Waals surface area contributed by atoms with Crippen LogP contribution < -0.4 is 9.64 Å². The molecule has 0 spiro atoms. The number of Topliss-reactive ketones (excluding diaryl/α,β-unsaturated/α-hetero) is 1. The summed E-state index contributed by atoms with van der Waals surface area (Å²) in [6, 6.07) is 13.4. The average molecular weight is 431 g/mol. The smallest absolute Gasteiger partial charge is 0.300 e. The highest BCUT2D eigenvalue weighted by atomic mass is 16.5. The SMILES string of the molecule is COc1ccc(C)cc1/C(O)=C1/C(=O)C(=O)N(c2ccc(C)c(C)c2)C1c1ccc(C)o1. The topological polar surface area (TPSA) is 80.0 Å². The number of nitrogens with zero attached hydrogens (tertiary/aromatic N) is 1. The number of ether oxygens (including phenoxy) is 1. The van der Waals surface area contributed by atoms with Crippen molar-refractivity contribution in [2.45, 2.75) is 33.7 Å². The van der Waals surface area contributed by atoms with Gasteiger partial charge < -0.3 is 14.3 Å². The molecular formula is C26H25NO5. The minimum Gasteiger partial charge on any atom is -0.507 e. The Kier molecular flexibility index (Phi) is 5.38. The lowest BCUT2D eigenvalue weighted by atomic mass is 9.97. The minimum absolute atomic E-state index is 0.0357. The number of hydrogen-bond donors (Lipinski definition) is 1. The lowest BCUT2D eigenvalue weighted by Gasteiger charge is -2.24. The van der Waals surface area contributed by atoms with Gasteiger partial charge in [-0.3, -0.25) is 14.5 Å². The summed E-state index contributed by atoms with van der Waals surface area (Å²) in [5.41, 5.74) is 3.80. The molecule has 1 aromatic heterocycles. The molecule has 4 rings (SSSR count). The van der Waals surface area contributed by atoms with E-state index < -0.39 is 17.7 Å². The fourth-order valence-electron chi connectivity index (χ4n) is 4.00. The number of carbonyl (C=O) groups excluding carboxylic acids is 2. The number of aliphatic hydroxyl groups is 1. The summed E-state index contributed by atoms with van der Waals surface area (Å²) in [6.07, 6.45) is 0. The zero-order valence-electron chi connectivity index (χ0n) is 18.7. The Morgan fingerprint density at radius 1 is 0.969 bits per heavy atom. The summed E-state index contributed by atoms with van der Waals surface area (Å²) >= 11 is 0. The van der Waals surface area contributed by atoms with Gasteiger partial charge in [0.1, 0.15) is 29.1 Å². The first kappa shape index (κ1) is 21.4. The van der Waals surface area contributed by atoms with Gasteiger partial charge in [-0.2, -0.15) is 0 Å². The van der Waals surface area contributed by atoms with Crippen LogP contribution in [0.2, 0.25) is 0 Å². The molecule has 32 heavy (non-hydrogen) atoms. The van der Waals surface area contributed by atoms with Crippen molar-refractivity contribution < 1.29 is 23.8 Å². The Bertz CT molecular complexity index is 1270. The van der Waals surface area contributed by atoms with Gasteiger partial charge in [-0.1, -0.05) is 17.7 Å². The molecule has 1 unspecified atom stereocenters. The number of methoxy groups -OCH3 is 1. The maximum absolute atomic E-state index is 13.2. The van der Waals surface area contributed by atoms with Crippen LogP contribution in [0.1, 0.15) is 39.8 Å². The Balaban J connectivity index is 1.98. The van der Waals surface area contributed by atoms with Crippen molar-refractivity contribution in [2.24, 2.45) is 0 Å². The second kappa shape index (κ2) is 8.04. The van der Waals surface area contributed by atoms with Crippen LogP contribution in [0.3, 0.4) is 0 Å². The Morgan fingerprint density at radius 2 is 1.72 bits per heavy atom. The molecule has 1 aliphatic rings. The molecule has 1 fully saturated rings.